The largest absolute Gasteiger partial charge is 0.491 e. The third kappa shape index (κ3) is 5.96. The molecule has 1 aliphatic carbocycles. The Morgan fingerprint density at radius 1 is 1.18 bits per heavy atom. The van der Waals surface area contributed by atoms with Crippen molar-refractivity contribution in [2.24, 2.45) is 5.73 Å². The van der Waals surface area contributed by atoms with Crippen molar-refractivity contribution in [2.75, 3.05) is 12.5 Å². The molecule has 5 nitrogen and oxygen atoms in total. The molecule has 1 fully saturated rings. The topological polar surface area (TPSA) is 87.7 Å². The molecular formula is C27H33ClN4O. The summed E-state index contributed by atoms with van der Waals surface area (Å²) in [6, 6.07) is 15.4. The van der Waals surface area contributed by atoms with Crippen molar-refractivity contribution in [1.82, 2.24) is 10.2 Å². The number of halogens is 1. The highest BCUT2D eigenvalue weighted by atomic mass is 35.5. The lowest BCUT2D eigenvalue weighted by Crippen LogP contribution is -2.27. The number of aromatic amines is 1. The van der Waals surface area contributed by atoms with Crippen LogP contribution in [0.2, 0.25) is 0 Å². The van der Waals surface area contributed by atoms with Crippen LogP contribution in [-0.4, -0.2) is 28.7 Å². The Kier molecular flexibility index (Phi) is 8.55. The van der Waals surface area contributed by atoms with E-state index < -0.39 is 0 Å². The van der Waals surface area contributed by atoms with Crippen LogP contribution in [0, 0.1) is 11.3 Å². The highest BCUT2D eigenvalue weighted by Crippen LogP contribution is 2.37. The predicted molar refractivity (Wildman–Crippen MR) is 135 cm³/mol. The molecule has 0 bridgehead atoms. The zero-order chi connectivity index (χ0) is 23.8. The van der Waals surface area contributed by atoms with Gasteiger partial charge in [-0.05, 0) is 47.6 Å². The third-order valence-electron chi connectivity index (χ3n) is 6.30. The van der Waals surface area contributed by atoms with E-state index in [2.05, 4.69) is 67.4 Å². The molecule has 174 valence electrons. The molecule has 1 heterocycles. The summed E-state index contributed by atoms with van der Waals surface area (Å²) in [7, 11) is 0. The fourth-order valence-electron chi connectivity index (χ4n) is 3.80. The first-order valence-electron chi connectivity index (χ1n) is 11.5. The summed E-state index contributed by atoms with van der Waals surface area (Å²) < 4.78 is 5.77. The lowest BCUT2D eigenvalue weighted by atomic mass is 9.76. The second-order valence-electron chi connectivity index (χ2n) is 8.90. The van der Waals surface area contributed by atoms with Gasteiger partial charge >= 0.3 is 0 Å². The highest BCUT2D eigenvalue weighted by Gasteiger charge is 2.26. The van der Waals surface area contributed by atoms with Crippen LogP contribution in [0.4, 0.5) is 0 Å². The SMILES string of the molecule is CCc1cc(C(C)(C)c2ccc(-c3cn[nH]c3)cc2)cc(C#N)c1OCCCl.NC1CCC1. The number of nitrogens with one attached hydrogen (secondary N) is 1. The van der Waals surface area contributed by atoms with Crippen molar-refractivity contribution in [3.05, 3.63) is 71.0 Å². The monoisotopic (exact) mass is 464 g/mol. The van der Waals surface area contributed by atoms with Gasteiger partial charge in [-0.25, -0.2) is 0 Å². The number of nitriles is 1. The van der Waals surface area contributed by atoms with E-state index in [0.29, 0.717) is 29.8 Å². The van der Waals surface area contributed by atoms with E-state index in [1.165, 1.54) is 24.8 Å². The molecule has 0 amide bonds. The molecule has 0 saturated heterocycles. The number of nitrogens with two attached hydrogens (primary N) is 1. The van der Waals surface area contributed by atoms with Crippen LogP contribution in [0.1, 0.15) is 62.3 Å². The Morgan fingerprint density at radius 2 is 1.88 bits per heavy atom. The standard InChI is InChI=1S/C23H24ClN3O.C4H9N/c1-4-16-11-21(12-18(13-25)22(16)28-10-9-24)23(2,3)20-7-5-17(6-8-20)19-14-26-27-15-19;5-4-2-1-3-4/h5-8,11-12,14-15H,4,9-10H2,1-3H3,(H,26,27);4H,1-3,5H2. The van der Waals surface area contributed by atoms with Crippen molar-refractivity contribution < 1.29 is 4.74 Å². The molecule has 3 aromatic rings. The summed E-state index contributed by atoms with van der Waals surface area (Å²) in [4.78, 5) is 0. The second kappa shape index (κ2) is 11.4. The summed E-state index contributed by atoms with van der Waals surface area (Å²) in [5.74, 6) is 1.05. The maximum absolute atomic E-state index is 9.67. The van der Waals surface area contributed by atoms with Gasteiger partial charge in [0.15, 0.2) is 0 Å². The van der Waals surface area contributed by atoms with Crippen molar-refractivity contribution in [1.29, 1.82) is 5.26 Å². The molecule has 1 aliphatic rings. The minimum Gasteiger partial charge on any atom is -0.491 e. The van der Waals surface area contributed by atoms with Gasteiger partial charge < -0.3 is 10.5 Å². The van der Waals surface area contributed by atoms with Crippen molar-refractivity contribution in [3.63, 3.8) is 0 Å². The summed E-state index contributed by atoms with van der Waals surface area (Å²) in [5, 5.41) is 16.5. The van der Waals surface area contributed by atoms with Gasteiger partial charge in [0.25, 0.3) is 0 Å². The number of rotatable bonds is 7. The van der Waals surface area contributed by atoms with Crippen molar-refractivity contribution in [2.45, 2.75) is 57.9 Å². The van der Waals surface area contributed by atoms with Gasteiger partial charge in [0, 0.05) is 23.2 Å². The van der Waals surface area contributed by atoms with Gasteiger partial charge in [-0.15, -0.1) is 11.6 Å². The average molecular weight is 465 g/mol. The Balaban J connectivity index is 0.000000541. The van der Waals surface area contributed by atoms with E-state index in [1.807, 2.05) is 18.5 Å². The Morgan fingerprint density at radius 3 is 2.36 bits per heavy atom. The smallest absolute Gasteiger partial charge is 0.140 e. The van der Waals surface area contributed by atoms with Gasteiger partial charge in [0.2, 0.25) is 0 Å². The normalized spacial score (nSPS) is 13.5. The van der Waals surface area contributed by atoms with Gasteiger partial charge in [-0.3, -0.25) is 5.10 Å². The van der Waals surface area contributed by atoms with Crippen LogP contribution >= 0.6 is 11.6 Å². The quantitative estimate of drug-likeness (QED) is 0.423. The molecular weight excluding hydrogens is 432 g/mol. The molecule has 1 saturated carbocycles. The van der Waals surface area contributed by atoms with Crippen LogP contribution in [0.25, 0.3) is 11.1 Å². The number of alkyl halides is 1. The van der Waals surface area contributed by atoms with E-state index in [4.69, 9.17) is 22.1 Å². The van der Waals surface area contributed by atoms with E-state index in [0.717, 1.165) is 28.7 Å². The number of aromatic nitrogens is 2. The molecule has 33 heavy (non-hydrogen) atoms. The molecule has 3 N–H and O–H groups in total. The minimum atomic E-state index is -0.255. The number of hydrogen-bond acceptors (Lipinski definition) is 4. The zero-order valence-electron chi connectivity index (χ0n) is 19.7. The van der Waals surface area contributed by atoms with Crippen molar-refractivity contribution in [3.8, 4) is 22.9 Å². The molecule has 2 aromatic carbocycles. The third-order valence-corrected chi connectivity index (χ3v) is 6.45. The van der Waals surface area contributed by atoms with Gasteiger partial charge in [0.1, 0.15) is 18.4 Å². The van der Waals surface area contributed by atoms with E-state index in [-0.39, 0.29) is 5.41 Å². The molecule has 0 spiro atoms. The number of hydrogen-bond donors (Lipinski definition) is 2. The van der Waals surface area contributed by atoms with Gasteiger partial charge in [-0.2, -0.15) is 10.4 Å². The fraction of sp³-hybridized carbons (Fsp3) is 0.407. The van der Waals surface area contributed by atoms with E-state index >= 15 is 0 Å². The molecule has 0 unspecified atom stereocenters. The molecule has 1 aromatic heterocycles. The van der Waals surface area contributed by atoms with Crippen LogP contribution in [0.3, 0.4) is 0 Å². The Hall–Kier alpha value is -2.81. The van der Waals surface area contributed by atoms with Crippen LogP contribution in [0.5, 0.6) is 5.75 Å². The summed E-state index contributed by atoms with van der Waals surface area (Å²) in [6.07, 6.45) is 8.37. The van der Waals surface area contributed by atoms with Crippen LogP contribution < -0.4 is 10.5 Å². The first-order chi connectivity index (χ1) is 15.9. The highest BCUT2D eigenvalue weighted by molar-refractivity contribution is 6.18. The molecule has 4 rings (SSSR count). The molecule has 0 aliphatic heterocycles. The first kappa shape index (κ1) is 24.8. The lowest BCUT2D eigenvalue weighted by molar-refractivity contribution is 0.338. The van der Waals surface area contributed by atoms with Gasteiger partial charge in [-0.1, -0.05) is 57.5 Å². The van der Waals surface area contributed by atoms with Crippen LogP contribution in [0.15, 0.2) is 48.8 Å². The summed E-state index contributed by atoms with van der Waals surface area (Å²) in [5.41, 5.74) is 11.2. The Bertz CT molecular complexity index is 1060. The number of aryl methyl sites for hydroxylation is 1. The number of ether oxygens (including phenoxy) is 1. The fourth-order valence-corrected chi connectivity index (χ4v) is 3.88. The van der Waals surface area contributed by atoms with Gasteiger partial charge in [0.05, 0.1) is 17.6 Å². The number of nitrogens with zero attached hydrogens (tertiary/aromatic N) is 2. The van der Waals surface area contributed by atoms with Crippen LogP contribution in [-0.2, 0) is 11.8 Å². The molecule has 6 heteroatoms. The zero-order valence-corrected chi connectivity index (χ0v) is 20.5. The van der Waals surface area contributed by atoms with Crippen molar-refractivity contribution >= 4 is 11.6 Å². The van der Waals surface area contributed by atoms with E-state index in [1.54, 1.807) is 0 Å². The van der Waals surface area contributed by atoms with E-state index in [9.17, 15) is 5.26 Å². The second-order valence-corrected chi connectivity index (χ2v) is 9.27. The molecule has 0 radical (unpaired) electrons. The minimum absolute atomic E-state index is 0.255. The first-order valence-corrected chi connectivity index (χ1v) is 12.1. The number of H-pyrrole nitrogens is 1. The molecule has 0 atom stereocenters. The maximum Gasteiger partial charge on any atom is 0.140 e. The lowest BCUT2D eigenvalue weighted by Gasteiger charge is -2.28. The maximum atomic E-state index is 9.67. The number of benzene rings is 2. The summed E-state index contributed by atoms with van der Waals surface area (Å²) in [6.45, 7) is 6.81. The predicted octanol–water partition coefficient (Wildman–Crippen LogP) is 5.95. The average Bonchev–Trinajstić information content (AvgIpc) is 3.36. The summed E-state index contributed by atoms with van der Waals surface area (Å²) >= 11 is 5.76. The Labute approximate surface area is 201 Å².